The summed E-state index contributed by atoms with van der Waals surface area (Å²) in [6.07, 6.45) is 1.36. The van der Waals surface area contributed by atoms with E-state index in [1.165, 1.54) is 11.8 Å². The number of hydrogen-bond acceptors (Lipinski definition) is 3. The van der Waals surface area contributed by atoms with Crippen molar-refractivity contribution in [3.05, 3.63) is 68.7 Å². The zero-order valence-corrected chi connectivity index (χ0v) is 14.4. The fourth-order valence-corrected chi connectivity index (χ4v) is 4.50. The number of benzene rings is 2. The third kappa shape index (κ3) is 2.89. The molecule has 1 unspecified atom stereocenters. The molecule has 2 aromatic rings. The van der Waals surface area contributed by atoms with Crippen LogP contribution in [0, 0.1) is 0 Å². The SMILES string of the molecule is O=C1CC(c2ccc(Cl)cc2)CC2=C1Sc1cc(Cl)ccc1N2. The van der Waals surface area contributed by atoms with Gasteiger partial charge in [0, 0.05) is 27.1 Å². The summed E-state index contributed by atoms with van der Waals surface area (Å²) in [4.78, 5) is 14.4. The Labute approximate surface area is 148 Å². The molecule has 2 aromatic carbocycles. The Morgan fingerprint density at radius 3 is 2.52 bits per heavy atom. The van der Waals surface area contributed by atoms with Gasteiger partial charge in [0.1, 0.15) is 0 Å². The number of carbonyl (C=O) groups is 1. The van der Waals surface area contributed by atoms with Gasteiger partial charge in [-0.05, 0) is 48.2 Å². The number of hydrogen-bond donors (Lipinski definition) is 1. The van der Waals surface area contributed by atoms with Gasteiger partial charge in [0.25, 0.3) is 0 Å². The number of thioether (sulfide) groups is 1. The Hall–Kier alpha value is -1.42. The first kappa shape index (κ1) is 15.1. The lowest BCUT2D eigenvalue weighted by Gasteiger charge is -2.31. The van der Waals surface area contributed by atoms with Gasteiger partial charge in [0.2, 0.25) is 0 Å². The zero-order valence-electron chi connectivity index (χ0n) is 12.1. The standard InChI is InChI=1S/C18H13Cl2NOS/c19-12-3-1-10(2-4-12)11-7-15-18(16(22)8-11)23-17-9-13(20)5-6-14(17)21-15/h1-6,9,11,21H,7-8H2. The average molecular weight is 362 g/mol. The summed E-state index contributed by atoms with van der Waals surface area (Å²) >= 11 is 13.5. The van der Waals surface area contributed by atoms with E-state index in [1.807, 2.05) is 42.5 Å². The van der Waals surface area contributed by atoms with Crippen LogP contribution in [0.15, 0.2) is 58.0 Å². The number of anilines is 1. The molecule has 0 saturated heterocycles. The molecule has 0 bridgehead atoms. The van der Waals surface area contributed by atoms with Gasteiger partial charge in [-0.15, -0.1) is 0 Å². The van der Waals surface area contributed by atoms with Crippen molar-refractivity contribution in [2.45, 2.75) is 23.7 Å². The Morgan fingerprint density at radius 1 is 1.00 bits per heavy atom. The largest absolute Gasteiger partial charge is 0.357 e. The lowest BCUT2D eigenvalue weighted by Crippen LogP contribution is -2.22. The minimum absolute atomic E-state index is 0.189. The first-order chi connectivity index (χ1) is 11.1. The summed E-state index contributed by atoms with van der Waals surface area (Å²) in [5.41, 5.74) is 3.19. The highest BCUT2D eigenvalue weighted by Gasteiger charge is 2.32. The third-order valence-electron chi connectivity index (χ3n) is 4.19. The van der Waals surface area contributed by atoms with Crippen LogP contribution in [-0.2, 0) is 4.79 Å². The van der Waals surface area contributed by atoms with Crippen LogP contribution in [-0.4, -0.2) is 5.78 Å². The number of rotatable bonds is 1. The van der Waals surface area contributed by atoms with E-state index in [1.54, 1.807) is 0 Å². The molecule has 2 aliphatic rings. The molecule has 0 amide bonds. The number of fused-ring (bicyclic) bond motifs is 1. The molecule has 1 heterocycles. The van der Waals surface area contributed by atoms with Gasteiger partial charge in [0.15, 0.2) is 5.78 Å². The molecule has 23 heavy (non-hydrogen) atoms. The second kappa shape index (κ2) is 5.90. The highest BCUT2D eigenvalue weighted by molar-refractivity contribution is 8.04. The van der Waals surface area contributed by atoms with Gasteiger partial charge in [-0.1, -0.05) is 47.1 Å². The molecule has 1 aliphatic heterocycles. The van der Waals surface area contributed by atoms with E-state index in [9.17, 15) is 4.79 Å². The zero-order chi connectivity index (χ0) is 16.0. The van der Waals surface area contributed by atoms with Gasteiger partial charge in [0.05, 0.1) is 10.6 Å². The van der Waals surface area contributed by atoms with E-state index in [-0.39, 0.29) is 11.7 Å². The lowest BCUT2D eigenvalue weighted by atomic mass is 9.85. The van der Waals surface area contributed by atoms with Crippen molar-refractivity contribution in [1.29, 1.82) is 0 Å². The van der Waals surface area contributed by atoms with Gasteiger partial charge in [-0.25, -0.2) is 0 Å². The highest BCUT2D eigenvalue weighted by Crippen LogP contribution is 2.47. The summed E-state index contributed by atoms with van der Waals surface area (Å²) < 4.78 is 0. The minimum atomic E-state index is 0.189. The van der Waals surface area contributed by atoms with E-state index in [0.717, 1.165) is 33.2 Å². The van der Waals surface area contributed by atoms with E-state index in [0.29, 0.717) is 16.5 Å². The Morgan fingerprint density at radius 2 is 1.74 bits per heavy atom. The molecule has 2 nitrogen and oxygen atoms in total. The fourth-order valence-electron chi connectivity index (χ4n) is 3.05. The molecule has 116 valence electrons. The van der Waals surface area contributed by atoms with Gasteiger partial charge >= 0.3 is 0 Å². The molecule has 0 radical (unpaired) electrons. The summed E-state index contributed by atoms with van der Waals surface area (Å²) in [5.74, 6) is 0.384. The number of Topliss-reactive ketones (excluding diaryl/α,β-unsaturated/α-hetero) is 1. The van der Waals surface area contributed by atoms with E-state index < -0.39 is 0 Å². The van der Waals surface area contributed by atoms with Crippen molar-refractivity contribution in [1.82, 2.24) is 0 Å². The van der Waals surface area contributed by atoms with Crippen LogP contribution in [0.5, 0.6) is 0 Å². The number of allylic oxidation sites excluding steroid dienone is 2. The number of ketones is 1. The monoisotopic (exact) mass is 361 g/mol. The quantitative estimate of drug-likeness (QED) is 0.688. The van der Waals surface area contributed by atoms with Crippen LogP contribution in [0.25, 0.3) is 0 Å². The Bertz CT molecular complexity index is 829. The molecule has 5 heteroatoms. The summed E-state index contributed by atoms with van der Waals surface area (Å²) in [7, 11) is 0. The number of halogens is 2. The first-order valence-electron chi connectivity index (χ1n) is 7.36. The van der Waals surface area contributed by atoms with Crippen molar-refractivity contribution in [3.8, 4) is 0 Å². The Balaban J connectivity index is 1.65. The summed E-state index contributed by atoms with van der Waals surface area (Å²) in [6.45, 7) is 0. The van der Waals surface area contributed by atoms with E-state index >= 15 is 0 Å². The van der Waals surface area contributed by atoms with Gasteiger partial charge in [-0.3, -0.25) is 4.79 Å². The molecule has 0 saturated carbocycles. The van der Waals surface area contributed by atoms with Gasteiger partial charge in [-0.2, -0.15) is 0 Å². The van der Waals surface area contributed by atoms with E-state index in [4.69, 9.17) is 23.2 Å². The molecule has 1 aliphatic carbocycles. The minimum Gasteiger partial charge on any atom is -0.357 e. The molecule has 1 atom stereocenters. The van der Waals surface area contributed by atoms with Crippen molar-refractivity contribution < 1.29 is 4.79 Å². The van der Waals surface area contributed by atoms with Crippen molar-refractivity contribution >= 4 is 46.4 Å². The molecular weight excluding hydrogens is 349 g/mol. The van der Waals surface area contributed by atoms with Crippen molar-refractivity contribution in [2.24, 2.45) is 0 Å². The summed E-state index contributed by atoms with van der Waals surface area (Å²) in [6, 6.07) is 13.5. The van der Waals surface area contributed by atoms with E-state index in [2.05, 4.69) is 5.32 Å². The Kier molecular flexibility index (Phi) is 3.88. The topological polar surface area (TPSA) is 29.1 Å². The maximum absolute atomic E-state index is 12.6. The van der Waals surface area contributed by atoms with Gasteiger partial charge < -0.3 is 5.32 Å². The average Bonchev–Trinajstić information content (AvgIpc) is 2.54. The fraction of sp³-hybridized carbons (Fsp3) is 0.167. The maximum atomic E-state index is 12.6. The van der Waals surface area contributed by atoms with Crippen molar-refractivity contribution in [2.75, 3.05) is 5.32 Å². The molecule has 1 N–H and O–H groups in total. The molecule has 4 rings (SSSR count). The first-order valence-corrected chi connectivity index (χ1v) is 8.93. The van der Waals surface area contributed by atoms with Crippen LogP contribution >= 0.6 is 35.0 Å². The highest BCUT2D eigenvalue weighted by atomic mass is 35.5. The predicted octanol–water partition coefficient (Wildman–Crippen LogP) is 5.87. The molecule has 0 aromatic heterocycles. The van der Waals surface area contributed by atoms with Crippen molar-refractivity contribution in [3.63, 3.8) is 0 Å². The smallest absolute Gasteiger partial charge is 0.171 e. The van der Waals surface area contributed by atoms with Crippen LogP contribution in [0.1, 0.15) is 24.3 Å². The number of nitrogens with one attached hydrogen (secondary N) is 1. The maximum Gasteiger partial charge on any atom is 0.171 e. The normalized spacial score (nSPS) is 19.9. The van der Waals surface area contributed by atoms with Crippen LogP contribution < -0.4 is 5.32 Å². The second-order valence-electron chi connectivity index (χ2n) is 5.76. The second-order valence-corrected chi connectivity index (χ2v) is 7.68. The summed E-state index contributed by atoms with van der Waals surface area (Å²) in [5, 5.41) is 4.82. The third-order valence-corrected chi connectivity index (χ3v) is 5.92. The molecule has 0 spiro atoms. The molecular formula is C18H13Cl2NOS. The van der Waals surface area contributed by atoms with Crippen LogP contribution in [0.4, 0.5) is 5.69 Å². The lowest BCUT2D eigenvalue weighted by molar-refractivity contribution is -0.115. The molecule has 0 fully saturated rings. The van der Waals surface area contributed by atoms with Crippen LogP contribution in [0.2, 0.25) is 10.0 Å². The van der Waals surface area contributed by atoms with Crippen LogP contribution in [0.3, 0.4) is 0 Å². The predicted molar refractivity (Wildman–Crippen MR) is 96.4 cm³/mol. The number of carbonyl (C=O) groups excluding carboxylic acids is 1.